The van der Waals surface area contributed by atoms with Crippen LogP contribution in [-0.4, -0.2) is 80.2 Å². The molecule has 3 aliphatic rings. The zero-order chi connectivity index (χ0) is 17.7. The Bertz CT molecular complexity index is 538. The minimum absolute atomic E-state index is 0. The molecule has 0 spiro atoms. The lowest BCUT2D eigenvalue weighted by atomic mass is 10.0. The molecule has 3 saturated heterocycles. The van der Waals surface area contributed by atoms with E-state index in [1.54, 1.807) is 8.61 Å². The molecule has 0 aromatic heterocycles. The van der Waals surface area contributed by atoms with Gasteiger partial charge >= 0.3 is 0 Å². The minimum Gasteiger partial charge on any atom is -0.340 e. The van der Waals surface area contributed by atoms with Gasteiger partial charge < -0.3 is 10.2 Å². The molecule has 0 bridgehead atoms. The second-order valence-corrected chi connectivity index (χ2v) is 9.43. The molecule has 9 heteroatoms. The van der Waals surface area contributed by atoms with Gasteiger partial charge in [0.2, 0.25) is 5.91 Å². The third-order valence-corrected chi connectivity index (χ3v) is 7.77. The average molecular weight is 409 g/mol. The maximum absolute atomic E-state index is 12.8. The first kappa shape index (κ1) is 21.9. The van der Waals surface area contributed by atoms with Gasteiger partial charge in [0.25, 0.3) is 10.2 Å². The van der Waals surface area contributed by atoms with Gasteiger partial charge in [0.1, 0.15) is 0 Å². The third kappa shape index (κ3) is 5.55. The smallest absolute Gasteiger partial charge is 0.282 e. The molecule has 0 aromatic carbocycles. The van der Waals surface area contributed by atoms with E-state index in [9.17, 15) is 13.2 Å². The predicted octanol–water partition coefficient (Wildman–Crippen LogP) is 1.06. The van der Waals surface area contributed by atoms with Gasteiger partial charge in [-0.05, 0) is 44.7 Å². The monoisotopic (exact) mass is 408 g/mol. The van der Waals surface area contributed by atoms with Crippen LogP contribution in [0.15, 0.2) is 0 Å². The van der Waals surface area contributed by atoms with Crippen molar-refractivity contribution in [3.63, 3.8) is 0 Å². The van der Waals surface area contributed by atoms with Crippen LogP contribution >= 0.6 is 12.4 Å². The SMILES string of the molecule is Cl.O=C(CCC1CCNC1)N1CCN(S(=O)(=O)N2CCCCCC2)CC1. The van der Waals surface area contributed by atoms with E-state index in [1.807, 2.05) is 4.90 Å². The molecule has 1 amide bonds. The first-order valence-corrected chi connectivity index (χ1v) is 11.2. The molecule has 152 valence electrons. The number of piperazine rings is 1. The van der Waals surface area contributed by atoms with Crippen molar-refractivity contribution in [2.45, 2.75) is 44.9 Å². The van der Waals surface area contributed by atoms with Crippen LogP contribution in [0.5, 0.6) is 0 Å². The Labute approximate surface area is 164 Å². The van der Waals surface area contributed by atoms with Crippen molar-refractivity contribution < 1.29 is 13.2 Å². The van der Waals surface area contributed by atoms with E-state index in [4.69, 9.17) is 0 Å². The van der Waals surface area contributed by atoms with E-state index in [0.29, 0.717) is 51.6 Å². The lowest BCUT2D eigenvalue weighted by Gasteiger charge is -2.36. The molecule has 0 saturated carbocycles. The number of nitrogens with one attached hydrogen (secondary N) is 1. The molecular weight excluding hydrogens is 376 g/mol. The first-order valence-electron chi connectivity index (χ1n) is 9.81. The lowest BCUT2D eigenvalue weighted by Crippen LogP contribution is -2.54. The topological polar surface area (TPSA) is 73.0 Å². The van der Waals surface area contributed by atoms with Crippen LogP contribution in [0.2, 0.25) is 0 Å². The number of hydrogen-bond acceptors (Lipinski definition) is 4. The maximum atomic E-state index is 12.8. The van der Waals surface area contributed by atoms with Gasteiger partial charge in [-0.25, -0.2) is 0 Å². The second kappa shape index (κ2) is 10.2. The summed E-state index contributed by atoms with van der Waals surface area (Å²) in [4.78, 5) is 14.2. The van der Waals surface area contributed by atoms with E-state index >= 15 is 0 Å². The Morgan fingerprint density at radius 1 is 0.923 bits per heavy atom. The van der Waals surface area contributed by atoms with Crippen molar-refractivity contribution in [3.05, 3.63) is 0 Å². The van der Waals surface area contributed by atoms with Crippen molar-refractivity contribution in [3.8, 4) is 0 Å². The molecule has 0 aliphatic carbocycles. The van der Waals surface area contributed by atoms with Crippen molar-refractivity contribution in [2.75, 3.05) is 52.4 Å². The van der Waals surface area contributed by atoms with Crippen LogP contribution in [0.3, 0.4) is 0 Å². The fourth-order valence-electron chi connectivity index (χ4n) is 4.05. The standard InChI is InChI=1S/C17H32N4O3S.ClH/c22-17(6-5-16-7-8-18-15-16)19-11-13-21(14-12-19)25(23,24)20-9-3-1-2-4-10-20;/h16,18H,1-15H2;1H. The van der Waals surface area contributed by atoms with Crippen LogP contribution in [0.25, 0.3) is 0 Å². The van der Waals surface area contributed by atoms with Gasteiger partial charge in [0.05, 0.1) is 0 Å². The molecule has 0 radical (unpaired) electrons. The van der Waals surface area contributed by atoms with E-state index in [0.717, 1.165) is 51.6 Å². The van der Waals surface area contributed by atoms with Crippen LogP contribution in [0.1, 0.15) is 44.9 Å². The third-order valence-electron chi connectivity index (χ3n) is 5.74. The molecule has 26 heavy (non-hydrogen) atoms. The number of rotatable bonds is 5. The molecular formula is C17H33ClN4O3S. The Morgan fingerprint density at radius 2 is 1.54 bits per heavy atom. The number of amides is 1. The Hall–Kier alpha value is -0.410. The normalized spacial score (nSPS) is 26.3. The summed E-state index contributed by atoms with van der Waals surface area (Å²) in [5.41, 5.74) is 0. The van der Waals surface area contributed by atoms with Crippen LogP contribution in [0, 0.1) is 5.92 Å². The van der Waals surface area contributed by atoms with E-state index in [1.165, 1.54) is 0 Å². The molecule has 3 rings (SSSR count). The van der Waals surface area contributed by atoms with Gasteiger partial charge in [-0.2, -0.15) is 17.0 Å². The largest absolute Gasteiger partial charge is 0.340 e. The van der Waals surface area contributed by atoms with Crippen molar-refractivity contribution in [1.29, 1.82) is 0 Å². The molecule has 0 aromatic rings. The summed E-state index contributed by atoms with van der Waals surface area (Å²) in [6, 6.07) is 0. The molecule has 1 N–H and O–H groups in total. The fraction of sp³-hybridized carbons (Fsp3) is 0.941. The van der Waals surface area contributed by atoms with Gasteiger partial charge in [0, 0.05) is 45.7 Å². The molecule has 1 atom stereocenters. The highest BCUT2D eigenvalue weighted by Gasteiger charge is 2.33. The Morgan fingerprint density at radius 3 is 2.12 bits per heavy atom. The molecule has 3 fully saturated rings. The number of nitrogens with zero attached hydrogens (tertiary/aromatic N) is 3. The molecule has 7 nitrogen and oxygen atoms in total. The fourth-order valence-corrected chi connectivity index (χ4v) is 5.72. The van der Waals surface area contributed by atoms with Crippen molar-refractivity contribution in [1.82, 2.24) is 18.8 Å². The second-order valence-electron chi connectivity index (χ2n) is 7.50. The number of carbonyl (C=O) groups excluding carboxylic acids is 1. The zero-order valence-electron chi connectivity index (χ0n) is 15.6. The summed E-state index contributed by atoms with van der Waals surface area (Å²) in [5.74, 6) is 0.798. The minimum atomic E-state index is -3.36. The van der Waals surface area contributed by atoms with Gasteiger partial charge in [-0.1, -0.05) is 12.8 Å². The summed E-state index contributed by atoms with van der Waals surface area (Å²) < 4.78 is 28.8. The lowest BCUT2D eigenvalue weighted by molar-refractivity contribution is -0.132. The summed E-state index contributed by atoms with van der Waals surface area (Å²) >= 11 is 0. The Kier molecular flexibility index (Phi) is 8.60. The van der Waals surface area contributed by atoms with Gasteiger partial charge in [-0.15, -0.1) is 12.4 Å². The zero-order valence-corrected chi connectivity index (χ0v) is 17.2. The summed E-state index contributed by atoms with van der Waals surface area (Å²) in [6.45, 7) is 5.25. The van der Waals surface area contributed by atoms with Crippen LogP contribution < -0.4 is 5.32 Å². The number of halogens is 1. The number of hydrogen-bond donors (Lipinski definition) is 1. The molecule has 3 aliphatic heterocycles. The Balaban J connectivity index is 0.00000243. The van der Waals surface area contributed by atoms with Crippen molar-refractivity contribution >= 4 is 28.5 Å². The first-order chi connectivity index (χ1) is 12.1. The number of carbonyl (C=O) groups is 1. The summed E-state index contributed by atoms with van der Waals surface area (Å²) in [7, 11) is -3.36. The maximum Gasteiger partial charge on any atom is 0.282 e. The van der Waals surface area contributed by atoms with Gasteiger partial charge in [-0.3, -0.25) is 4.79 Å². The van der Waals surface area contributed by atoms with E-state index < -0.39 is 10.2 Å². The molecule has 3 heterocycles. The quantitative estimate of drug-likeness (QED) is 0.738. The van der Waals surface area contributed by atoms with E-state index in [-0.39, 0.29) is 18.3 Å². The van der Waals surface area contributed by atoms with Crippen LogP contribution in [0.4, 0.5) is 0 Å². The van der Waals surface area contributed by atoms with E-state index in [2.05, 4.69) is 5.32 Å². The highest BCUT2D eigenvalue weighted by Crippen LogP contribution is 2.19. The molecule has 1 unspecified atom stereocenters. The summed E-state index contributed by atoms with van der Waals surface area (Å²) in [5, 5.41) is 3.33. The highest BCUT2D eigenvalue weighted by atomic mass is 35.5. The summed E-state index contributed by atoms with van der Waals surface area (Å²) in [6.07, 6.45) is 6.83. The predicted molar refractivity (Wildman–Crippen MR) is 105 cm³/mol. The van der Waals surface area contributed by atoms with Crippen LogP contribution in [-0.2, 0) is 15.0 Å². The average Bonchev–Trinajstić information content (AvgIpc) is 2.99. The van der Waals surface area contributed by atoms with Gasteiger partial charge in [0.15, 0.2) is 0 Å². The highest BCUT2D eigenvalue weighted by molar-refractivity contribution is 7.86. The van der Waals surface area contributed by atoms with Crippen molar-refractivity contribution in [2.24, 2.45) is 5.92 Å².